The number of hydrogen-bond donors (Lipinski definition) is 0. The van der Waals surface area contributed by atoms with Gasteiger partial charge in [0.15, 0.2) is 11.5 Å². The number of hydrogen-bond acceptors (Lipinski definition) is 5. The van der Waals surface area contributed by atoms with E-state index in [0.717, 1.165) is 19.3 Å². The van der Waals surface area contributed by atoms with Crippen molar-refractivity contribution in [3.8, 4) is 17.2 Å². The van der Waals surface area contributed by atoms with Crippen molar-refractivity contribution in [1.82, 2.24) is 0 Å². The van der Waals surface area contributed by atoms with Crippen molar-refractivity contribution in [2.45, 2.75) is 44.0 Å². The number of fused-ring (bicyclic) bond motifs is 1. The van der Waals surface area contributed by atoms with Crippen molar-refractivity contribution >= 4 is 56.9 Å². The second-order valence-corrected chi connectivity index (χ2v) is 8.27. The Morgan fingerprint density at radius 3 is 2.48 bits per heavy atom. The van der Waals surface area contributed by atoms with E-state index in [-0.39, 0.29) is 11.5 Å². The van der Waals surface area contributed by atoms with E-state index in [9.17, 15) is 9.59 Å². The molecule has 27 heavy (non-hydrogen) atoms. The molecule has 0 aliphatic heterocycles. The summed E-state index contributed by atoms with van der Waals surface area (Å²) in [6.07, 6.45) is 3.25. The number of rotatable bonds is 8. The molecule has 0 aliphatic rings. The number of alkyl halides is 1. The lowest BCUT2D eigenvalue weighted by atomic mass is 10.1. The predicted molar refractivity (Wildman–Crippen MR) is 114 cm³/mol. The van der Waals surface area contributed by atoms with Crippen LogP contribution >= 0.6 is 34.2 Å². The summed E-state index contributed by atoms with van der Waals surface area (Å²) in [5, 5.41) is 1.43. The third-order valence-electron chi connectivity index (χ3n) is 3.78. The topological polar surface area (TPSA) is 61.8 Å². The zero-order valence-electron chi connectivity index (χ0n) is 15.5. The van der Waals surface area contributed by atoms with E-state index in [2.05, 4.69) is 29.5 Å². The first-order valence-corrected chi connectivity index (χ1v) is 10.3. The zero-order chi connectivity index (χ0) is 20.0. The van der Waals surface area contributed by atoms with Gasteiger partial charge in [0.25, 0.3) is 0 Å². The van der Waals surface area contributed by atoms with E-state index in [1.165, 1.54) is 13.8 Å². The third-order valence-corrected chi connectivity index (χ3v) is 5.08. The molecule has 0 radical (unpaired) electrons. The van der Waals surface area contributed by atoms with Crippen LogP contribution in [0.4, 0.5) is 0 Å². The Morgan fingerprint density at radius 2 is 1.85 bits per heavy atom. The lowest BCUT2D eigenvalue weighted by molar-refractivity contribution is -0.133. The van der Waals surface area contributed by atoms with Gasteiger partial charge in [0.05, 0.1) is 5.02 Å². The van der Waals surface area contributed by atoms with Crippen LogP contribution in [0.3, 0.4) is 0 Å². The van der Waals surface area contributed by atoms with E-state index in [1.54, 1.807) is 24.3 Å². The molecule has 2 rings (SSSR count). The quantitative estimate of drug-likeness (QED) is 0.199. The van der Waals surface area contributed by atoms with Crippen LogP contribution in [0.25, 0.3) is 10.8 Å². The van der Waals surface area contributed by atoms with Crippen LogP contribution in [-0.2, 0) is 9.59 Å². The Balaban J connectivity index is 2.52. The summed E-state index contributed by atoms with van der Waals surface area (Å²) in [4.78, 5) is 23.2. The maximum absolute atomic E-state index is 11.6. The first kappa shape index (κ1) is 21.8. The maximum atomic E-state index is 11.6. The Morgan fingerprint density at radius 1 is 1.15 bits per heavy atom. The summed E-state index contributed by atoms with van der Waals surface area (Å²) in [5.41, 5.74) is 0. The smallest absolute Gasteiger partial charge is 0.308 e. The summed E-state index contributed by atoms with van der Waals surface area (Å²) in [7, 11) is 0. The molecule has 2 aromatic carbocycles. The molecule has 0 amide bonds. The largest absolute Gasteiger partial charge is 0.488 e. The Labute approximate surface area is 177 Å². The molecular formula is C20H22ClIO5. The average Bonchev–Trinajstić information content (AvgIpc) is 2.59. The van der Waals surface area contributed by atoms with Crippen LogP contribution in [0.15, 0.2) is 24.3 Å². The second kappa shape index (κ2) is 10.1. The lowest BCUT2D eigenvalue weighted by Crippen LogP contribution is -2.13. The highest BCUT2D eigenvalue weighted by Gasteiger charge is 2.21. The number of carbonyl (C=O) groups excluding carboxylic acids is 2. The van der Waals surface area contributed by atoms with Crippen molar-refractivity contribution < 1.29 is 23.8 Å². The minimum Gasteiger partial charge on any atom is -0.488 e. The Hall–Kier alpha value is -1.54. The molecule has 0 saturated heterocycles. The molecule has 1 unspecified atom stereocenters. The fraction of sp³-hybridized carbons (Fsp3) is 0.400. The minimum atomic E-state index is -0.475. The van der Waals surface area contributed by atoms with Crippen molar-refractivity contribution in [3.05, 3.63) is 29.3 Å². The fourth-order valence-corrected chi connectivity index (χ4v) is 3.52. The van der Waals surface area contributed by atoms with Crippen LogP contribution in [0.5, 0.6) is 17.2 Å². The van der Waals surface area contributed by atoms with Gasteiger partial charge < -0.3 is 14.2 Å². The first-order chi connectivity index (χ1) is 12.8. The first-order valence-electron chi connectivity index (χ1n) is 8.72. The lowest BCUT2D eigenvalue weighted by Gasteiger charge is -2.18. The summed E-state index contributed by atoms with van der Waals surface area (Å²) < 4.78 is 17.0. The maximum Gasteiger partial charge on any atom is 0.308 e. The number of unbranched alkanes of at least 4 members (excludes halogenated alkanes) is 1. The molecule has 0 fully saturated rings. The molecule has 0 aromatic heterocycles. The van der Waals surface area contributed by atoms with E-state index < -0.39 is 11.9 Å². The van der Waals surface area contributed by atoms with Gasteiger partial charge >= 0.3 is 11.9 Å². The van der Waals surface area contributed by atoms with E-state index in [0.29, 0.717) is 32.1 Å². The van der Waals surface area contributed by atoms with Gasteiger partial charge in [0.1, 0.15) is 12.4 Å². The van der Waals surface area contributed by atoms with Gasteiger partial charge in [0.2, 0.25) is 0 Å². The van der Waals surface area contributed by atoms with E-state index in [4.69, 9.17) is 25.8 Å². The van der Waals surface area contributed by atoms with Crippen LogP contribution in [0.2, 0.25) is 5.02 Å². The van der Waals surface area contributed by atoms with Gasteiger partial charge in [0, 0.05) is 34.6 Å². The van der Waals surface area contributed by atoms with Crippen molar-refractivity contribution in [3.63, 3.8) is 0 Å². The summed E-state index contributed by atoms with van der Waals surface area (Å²) in [6.45, 7) is 5.22. The van der Waals surface area contributed by atoms with E-state index in [1.807, 2.05) is 0 Å². The van der Waals surface area contributed by atoms with Crippen LogP contribution in [0.1, 0.15) is 40.0 Å². The minimum absolute atomic E-state index is 0.271. The van der Waals surface area contributed by atoms with Gasteiger partial charge in [-0.05, 0) is 12.5 Å². The number of carbonyl (C=O) groups is 2. The molecule has 146 valence electrons. The van der Waals surface area contributed by atoms with Gasteiger partial charge in [-0.2, -0.15) is 0 Å². The van der Waals surface area contributed by atoms with Crippen LogP contribution in [0, 0.1) is 0 Å². The normalized spacial score (nSPS) is 11.9. The molecule has 0 bridgehead atoms. The monoisotopic (exact) mass is 504 g/mol. The zero-order valence-corrected chi connectivity index (χ0v) is 18.4. The Bertz CT molecular complexity index is 837. The molecule has 5 nitrogen and oxygen atoms in total. The number of esters is 2. The highest BCUT2D eigenvalue weighted by molar-refractivity contribution is 14.1. The van der Waals surface area contributed by atoms with Gasteiger partial charge in [-0.15, -0.1) is 0 Å². The highest BCUT2D eigenvalue weighted by Crippen LogP contribution is 2.44. The number of ether oxygens (including phenoxy) is 3. The molecule has 0 saturated carbocycles. The van der Waals surface area contributed by atoms with Crippen molar-refractivity contribution in [2.75, 3.05) is 6.61 Å². The molecular weight excluding hydrogens is 483 g/mol. The van der Waals surface area contributed by atoms with Crippen LogP contribution < -0.4 is 14.2 Å². The number of halogens is 2. The van der Waals surface area contributed by atoms with Crippen molar-refractivity contribution in [1.29, 1.82) is 0 Å². The molecule has 0 aliphatic carbocycles. The van der Waals surface area contributed by atoms with Gasteiger partial charge in [-0.25, -0.2) is 0 Å². The fourth-order valence-electron chi connectivity index (χ4n) is 2.63. The second-order valence-electron chi connectivity index (χ2n) is 6.10. The van der Waals surface area contributed by atoms with Crippen molar-refractivity contribution in [2.24, 2.45) is 0 Å². The number of benzene rings is 2. The van der Waals surface area contributed by atoms with Gasteiger partial charge in [-0.1, -0.05) is 66.1 Å². The molecule has 7 heteroatoms. The third kappa shape index (κ3) is 5.97. The highest BCUT2D eigenvalue weighted by atomic mass is 127. The summed E-state index contributed by atoms with van der Waals surface area (Å²) in [6, 6.07) is 6.72. The SMILES string of the molecule is CCCCC(I)COc1cc(OC(C)=O)c2c(Cl)cccc2c1OC(C)=O. The molecule has 0 heterocycles. The standard InChI is InChI=1S/C20H22ClIO5/c1-4-5-7-14(22)11-25-18-10-17(26-12(2)23)19-15(8-6-9-16(19)21)20(18)27-13(3)24/h6,8-10,14H,4-5,7,11H2,1-3H3. The predicted octanol–water partition coefficient (Wildman–Crippen LogP) is 5.72. The van der Waals surface area contributed by atoms with E-state index >= 15 is 0 Å². The van der Waals surface area contributed by atoms with Gasteiger partial charge in [-0.3, -0.25) is 9.59 Å². The summed E-state index contributed by atoms with van der Waals surface area (Å²) >= 11 is 8.66. The molecule has 2 aromatic rings. The summed E-state index contributed by atoms with van der Waals surface area (Å²) in [5.74, 6) is -0.0626. The van der Waals surface area contributed by atoms with Crippen LogP contribution in [-0.4, -0.2) is 22.5 Å². The molecule has 1 atom stereocenters. The molecule has 0 N–H and O–H groups in total. The molecule has 0 spiro atoms. The average molecular weight is 505 g/mol. The Kier molecular flexibility index (Phi) is 8.16.